The molecule has 0 heterocycles. The van der Waals surface area contributed by atoms with E-state index < -0.39 is 6.10 Å². The molecule has 0 saturated heterocycles. The first kappa shape index (κ1) is 17.7. The van der Waals surface area contributed by atoms with Crippen LogP contribution < -0.4 is 19.5 Å². The number of anilines is 1. The quantitative estimate of drug-likeness (QED) is 0.837. The highest BCUT2D eigenvalue weighted by molar-refractivity contribution is 5.94. The molecule has 1 amide bonds. The Morgan fingerprint density at radius 2 is 1.33 bits per heavy atom. The van der Waals surface area contributed by atoms with Crippen LogP contribution in [0.15, 0.2) is 48.5 Å². The lowest BCUT2D eigenvalue weighted by Gasteiger charge is -2.15. The van der Waals surface area contributed by atoms with Gasteiger partial charge in [-0.2, -0.15) is 0 Å². The smallest absolute Gasteiger partial charge is 0.265 e. The summed E-state index contributed by atoms with van der Waals surface area (Å²) in [5.41, 5.74) is 0.696. The zero-order valence-electron chi connectivity index (χ0n) is 14.4. The van der Waals surface area contributed by atoms with Gasteiger partial charge in [0.05, 0.1) is 13.2 Å². The normalized spacial score (nSPS) is 11.7. The maximum absolute atomic E-state index is 12.2. The summed E-state index contributed by atoms with van der Waals surface area (Å²) in [7, 11) is 1.60. The maximum Gasteiger partial charge on any atom is 0.265 e. The Morgan fingerprint density at radius 3 is 1.88 bits per heavy atom. The molecule has 128 valence electrons. The summed E-state index contributed by atoms with van der Waals surface area (Å²) in [6, 6.07) is 14.3. The number of carbonyl (C=O) groups excluding carboxylic acids is 1. The van der Waals surface area contributed by atoms with Crippen LogP contribution in [0.4, 0.5) is 5.69 Å². The van der Waals surface area contributed by atoms with Gasteiger partial charge in [-0.25, -0.2) is 0 Å². The van der Waals surface area contributed by atoms with Crippen molar-refractivity contribution in [2.24, 2.45) is 0 Å². The van der Waals surface area contributed by atoms with Gasteiger partial charge in [-0.1, -0.05) is 0 Å². The Balaban J connectivity index is 1.90. The van der Waals surface area contributed by atoms with Crippen molar-refractivity contribution < 1.29 is 19.0 Å². The Morgan fingerprint density at radius 1 is 0.833 bits per heavy atom. The molecule has 0 bridgehead atoms. The molecule has 5 heteroatoms. The minimum atomic E-state index is -0.620. The summed E-state index contributed by atoms with van der Waals surface area (Å²) in [6.07, 6.45) is -0.506. The second-order valence-corrected chi connectivity index (χ2v) is 5.62. The van der Waals surface area contributed by atoms with Crippen molar-refractivity contribution in [2.45, 2.75) is 33.0 Å². The molecule has 0 aromatic heterocycles. The highest BCUT2D eigenvalue weighted by Crippen LogP contribution is 2.20. The van der Waals surface area contributed by atoms with Gasteiger partial charge in [-0.05, 0) is 69.3 Å². The van der Waals surface area contributed by atoms with Crippen LogP contribution in [0, 0.1) is 0 Å². The zero-order chi connectivity index (χ0) is 17.5. The van der Waals surface area contributed by atoms with Crippen LogP contribution >= 0.6 is 0 Å². The molecular formula is C19H23NO4. The first-order valence-electron chi connectivity index (χ1n) is 7.86. The van der Waals surface area contributed by atoms with E-state index in [2.05, 4.69) is 5.32 Å². The molecule has 0 spiro atoms. The van der Waals surface area contributed by atoms with Crippen molar-refractivity contribution in [3.8, 4) is 17.2 Å². The van der Waals surface area contributed by atoms with E-state index in [0.29, 0.717) is 11.4 Å². The van der Waals surface area contributed by atoms with E-state index in [1.807, 2.05) is 26.0 Å². The minimum absolute atomic E-state index is 0.114. The third-order valence-corrected chi connectivity index (χ3v) is 3.24. The van der Waals surface area contributed by atoms with E-state index in [1.54, 1.807) is 50.4 Å². The lowest BCUT2D eigenvalue weighted by Crippen LogP contribution is -2.30. The van der Waals surface area contributed by atoms with Crippen molar-refractivity contribution in [1.29, 1.82) is 0 Å². The number of benzene rings is 2. The number of carbonyl (C=O) groups is 1. The van der Waals surface area contributed by atoms with Crippen molar-refractivity contribution in [3.05, 3.63) is 48.5 Å². The number of nitrogens with one attached hydrogen (secondary N) is 1. The summed E-state index contributed by atoms with van der Waals surface area (Å²) in [6.45, 7) is 5.64. The number of hydrogen-bond donors (Lipinski definition) is 1. The van der Waals surface area contributed by atoms with Gasteiger partial charge in [0, 0.05) is 5.69 Å². The summed E-state index contributed by atoms with van der Waals surface area (Å²) >= 11 is 0. The summed E-state index contributed by atoms with van der Waals surface area (Å²) < 4.78 is 16.3. The highest BCUT2D eigenvalue weighted by Gasteiger charge is 2.15. The highest BCUT2D eigenvalue weighted by atomic mass is 16.5. The number of hydrogen-bond acceptors (Lipinski definition) is 4. The van der Waals surface area contributed by atoms with E-state index in [9.17, 15) is 4.79 Å². The third-order valence-electron chi connectivity index (χ3n) is 3.24. The fourth-order valence-electron chi connectivity index (χ4n) is 2.04. The van der Waals surface area contributed by atoms with Gasteiger partial charge >= 0.3 is 0 Å². The first-order valence-corrected chi connectivity index (χ1v) is 7.86. The maximum atomic E-state index is 12.2. The molecule has 2 rings (SSSR count). The van der Waals surface area contributed by atoms with Crippen molar-refractivity contribution in [2.75, 3.05) is 12.4 Å². The third kappa shape index (κ3) is 5.19. The molecule has 0 fully saturated rings. The van der Waals surface area contributed by atoms with Crippen LogP contribution in [-0.2, 0) is 4.79 Å². The van der Waals surface area contributed by atoms with Crippen molar-refractivity contribution >= 4 is 11.6 Å². The Hall–Kier alpha value is -2.69. The summed E-state index contributed by atoms with van der Waals surface area (Å²) in [4.78, 5) is 12.2. The summed E-state index contributed by atoms with van der Waals surface area (Å²) in [5.74, 6) is 1.90. The van der Waals surface area contributed by atoms with Gasteiger partial charge in [-0.3, -0.25) is 4.79 Å². The average Bonchev–Trinajstić information content (AvgIpc) is 2.56. The Labute approximate surface area is 142 Å². The van der Waals surface area contributed by atoms with E-state index in [1.165, 1.54) is 0 Å². The molecule has 0 aliphatic rings. The van der Waals surface area contributed by atoms with Gasteiger partial charge in [0.1, 0.15) is 17.2 Å². The van der Waals surface area contributed by atoms with Gasteiger partial charge < -0.3 is 19.5 Å². The van der Waals surface area contributed by atoms with E-state index >= 15 is 0 Å². The van der Waals surface area contributed by atoms with Gasteiger partial charge in [0.2, 0.25) is 0 Å². The molecule has 0 saturated carbocycles. The van der Waals surface area contributed by atoms with Crippen LogP contribution in [0.5, 0.6) is 17.2 Å². The molecule has 0 aliphatic heterocycles. The van der Waals surface area contributed by atoms with Crippen LogP contribution in [-0.4, -0.2) is 25.2 Å². The molecule has 2 aromatic carbocycles. The molecule has 0 aliphatic carbocycles. The van der Waals surface area contributed by atoms with Gasteiger partial charge in [-0.15, -0.1) is 0 Å². The molecule has 1 unspecified atom stereocenters. The molecule has 2 aromatic rings. The van der Waals surface area contributed by atoms with E-state index in [0.717, 1.165) is 11.5 Å². The molecule has 1 N–H and O–H groups in total. The number of methoxy groups -OCH3 is 1. The van der Waals surface area contributed by atoms with Crippen molar-refractivity contribution in [1.82, 2.24) is 0 Å². The van der Waals surface area contributed by atoms with E-state index in [4.69, 9.17) is 14.2 Å². The number of ether oxygens (including phenoxy) is 3. The lowest BCUT2D eigenvalue weighted by molar-refractivity contribution is -0.122. The molecule has 24 heavy (non-hydrogen) atoms. The van der Waals surface area contributed by atoms with Crippen LogP contribution in [0.25, 0.3) is 0 Å². The van der Waals surface area contributed by atoms with Crippen LogP contribution in [0.3, 0.4) is 0 Å². The largest absolute Gasteiger partial charge is 0.497 e. The monoisotopic (exact) mass is 329 g/mol. The van der Waals surface area contributed by atoms with Gasteiger partial charge in [0.25, 0.3) is 5.91 Å². The second-order valence-electron chi connectivity index (χ2n) is 5.62. The molecule has 0 radical (unpaired) electrons. The minimum Gasteiger partial charge on any atom is -0.497 e. The predicted molar refractivity (Wildman–Crippen MR) is 93.9 cm³/mol. The van der Waals surface area contributed by atoms with Crippen LogP contribution in [0.1, 0.15) is 20.8 Å². The van der Waals surface area contributed by atoms with Crippen LogP contribution in [0.2, 0.25) is 0 Å². The molecule has 5 nitrogen and oxygen atoms in total. The topological polar surface area (TPSA) is 56.8 Å². The number of amides is 1. The van der Waals surface area contributed by atoms with Gasteiger partial charge in [0.15, 0.2) is 6.10 Å². The molecular weight excluding hydrogens is 306 g/mol. The average molecular weight is 329 g/mol. The molecule has 1 atom stereocenters. The number of rotatable bonds is 7. The van der Waals surface area contributed by atoms with E-state index in [-0.39, 0.29) is 12.0 Å². The zero-order valence-corrected chi connectivity index (χ0v) is 14.4. The lowest BCUT2D eigenvalue weighted by atomic mass is 10.2. The Kier molecular flexibility index (Phi) is 6.07. The Bertz CT molecular complexity index is 650. The first-order chi connectivity index (χ1) is 11.5. The SMILES string of the molecule is COc1ccc(OC(C)C(=O)Nc2ccc(OC(C)C)cc2)cc1. The van der Waals surface area contributed by atoms with Crippen molar-refractivity contribution in [3.63, 3.8) is 0 Å². The fraction of sp³-hybridized carbons (Fsp3) is 0.316. The summed E-state index contributed by atoms with van der Waals surface area (Å²) in [5, 5.41) is 2.82. The fourth-order valence-corrected chi connectivity index (χ4v) is 2.04. The standard InChI is InChI=1S/C19H23NO4/c1-13(2)23-17-7-5-15(6-8-17)20-19(21)14(3)24-18-11-9-16(22-4)10-12-18/h5-14H,1-4H3,(H,20,21). The second kappa shape index (κ2) is 8.24. The predicted octanol–water partition coefficient (Wildman–Crippen LogP) is 3.89.